The van der Waals surface area contributed by atoms with Gasteiger partial charge in [-0.25, -0.2) is 16.8 Å². The molecule has 4 rings (SSSR count). The van der Waals surface area contributed by atoms with Crippen LogP contribution in [0.2, 0.25) is 0 Å². The van der Waals surface area contributed by atoms with Gasteiger partial charge >= 0.3 is 0 Å². The fourth-order valence-electron chi connectivity index (χ4n) is 3.81. The molecule has 0 bridgehead atoms. The molecule has 2 N–H and O–H groups in total. The van der Waals surface area contributed by atoms with Gasteiger partial charge in [-0.1, -0.05) is 42.0 Å². The van der Waals surface area contributed by atoms with Gasteiger partial charge in [0.05, 0.1) is 15.5 Å². The van der Waals surface area contributed by atoms with Gasteiger partial charge in [0.25, 0.3) is 20.0 Å². The molecule has 39 heavy (non-hydrogen) atoms. The molecule has 0 aliphatic carbocycles. The van der Waals surface area contributed by atoms with Gasteiger partial charge in [-0.15, -0.1) is 0 Å². The lowest BCUT2D eigenvalue weighted by Gasteiger charge is -2.24. The number of carbonyl (C=O) groups is 1. The third-order valence-electron chi connectivity index (χ3n) is 6.15. The number of nitrogens with zero attached hydrogens (tertiary/aromatic N) is 1. The van der Waals surface area contributed by atoms with E-state index in [-0.39, 0.29) is 9.79 Å². The Morgan fingerprint density at radius 3 is 1.92 bits per heavy atom. The molecule has 10 heteroatoms. The number of hydrogen-bond donors (Lipinski definition) is 2. The largest absolute Gasteiger partial charge is 0.325 e. The highest BCUT2D eigenvalue weighted by molar-refractivity contribution is 7.93. The normalized spacial score (nSPS) is 11.6. The Hall–Kier alpha value is -4.15. The number of nitrogens with one attached hydrogen (secondary N) is 2. The lowest BCUT2D eigenvalue weighted by Crippen LogP contribution is -2.38. The zero-order valence-corrected chi connectivity index (χ0v) is 23.4. The Balaban J connectivity index is 1.51. The summed E-state index contributed by atoms with van der Waals surface area (Å²) in [5.41, 5.74) is 4.08. The van der Waals surface area contributed by atoms with Crippen LogP contribution in [-0.2, 0) is 24.8 Å². The first-order valence-corrected chi connectivity index (χ1v) is 15.0. The Morgan fingerprint density at radius 1 is 0.692 bits per heavy atom. The summed E-state index contributed by atoms with van der Waals surface area (Å²) in [5.74, 6) is -0.584. The molecule has 0 atom stereocenters. The minimum absolute atomic E-state index is 0.0201. The van der Waals surface area contributed by atoms with Crippen molar-refractivity contribution in [2.75, 3.05) is 20.9 Å². The third-order valence-corrected chi connectivity index (χ3v) is 9.33. The van der Waals surface area contributed by atoms with E-state index in [1.807, 2.05) is 26.8 Å². The molecule has 0 unspecified atom stereocenters. The monoisotopic (exact) mass is 563 g/mol. The van der Waals surface area contributed by atoms with Crippen LogP contribution in [0.25, 0.3) is 0 Å². The van der Waals surface area contributed by atoms with Gasteiger partial charge < -0.3 is 5.32 Å². The van der Waals surface area contributed by atoms with E-state index in [9.17, 15) is 21.6 Å². The maximum atomic E-state index is 13.4. The van der Waals surface area contributed by atoms with Gasteiger partial charge in [0, 0.05) is 11.4 Å². The number of anilines is 3. The summed E-state index contributed by atoms with van der Waals surface area (Å²) in [7, 11) is -7.88. The van der Waals surface area contributed by atoms with Crippen LogP contribution in [0.3, 0.4) is 0 Å². The predicted molar refractivity (Wildman–Crippen MR) is 154 cm³/mol. The number of hydrogen-bond acceptors (Lipinski definition) is 5. The second-order valence-electron chi connectivity index (χ2n) is 9.14. The van der Waals surface area contributed by atoms with Gasteiger partial charge in [0.2, 0.25) is 5.91 Å². The van der Waals surface area contributed by atoms with Crippen molar-refractivity contribution in [2.24, 2.45) is 0 Å². The fourth-order valence-corrected chi connectivity index (χ4v) is 6.30. The quantitative estimate of drug-likeness (QED) is 0.289. The molecule has 8 nitrogen and oxygen atoms in total. The van der Waals surface area contributed by atoms with Crippen molar-refractivity contribution in [3.05, 3.63) is 114 Å². The highest BCUT2D eigenvalue weighted by atomic mass is 32.2. The maximum Gasteiger partial charge on any atom is 0.264 e. The van der Waals surface area contributed by atoms with Gasteiger partial charge in [-0.05, 0) is 92.6 Å². The second kappa shape index (κ2) is 11.3. The van der Waals surface area contributed by atoms with E-state index in [0.717, 1.165) is 21.0 Å². The van der Waals surface area contributed by atoms with Gasteiger partial charge in [0.1, 0.15) is 6.54 Å². The summed E-state index contributed by atoms with van der Waals surface area (Å²) in [6, 6.07) is 25.6. The minimum Gasteiger partial charge on any atom is -0.325 e. The van der Waals surface area contributed by atoms with E-state index in [2.05, 4.69) is 10.0 Å². The topological polar surface area (TPSA) is 113 Å². The maximum absolute atomic E-state index is 13.4. The summed E-state index contributed by atoms with van der Waals surface area (Å²) in [6.07, 6.45) is 0. The van der Waals surface area contributed by atoms with Crippen LogP contribution in [-0.4, -0.2) is 29.3 Å². The fraction of sp³-hybridized carbons (Fsp3) is 0.138. The number of carbonyl (C=O) groups excluding carboxylic acids is 1. The molecular formula is C29H29N3O5S2. The number of benzene rings is 4. The van der Waals surface area contributed by atoms with Crippen LogP contribution in [0.1, 0.15) is 16.7 Å². The molecule has 202 valence electrons. The lowest BCUT2D eigenvalue weighted by atomic mass is 10.1. The second-order valence-corrected chi connectivity index (χ2v) is 12.7. The Kier molecular flexibility index (Phi) is 8.08. The molecule has 4 aromatic carbocycles. The summed E-state index contributed by atoms with van der Waals surface area (Å²) >= 11 is 0. The number of amides is 1. The van der Waals surface area contributed by atoms with Crippen molar-refractivity contribution in [3.63, 3.8) is 0 Å². The van der Waals surface area contributed by atoms with Crippen LogP contribution in [0, 0.1) is 20.8 Å². The van der Waals surface area contributed by atoms with Gasteiger partial charge in [0.15, 0.2) is 0 Å². The summed E-state index contributed by atoms with van der Waals surface area (Å²) in [4.78, 5) is 13.1. The molecule has 0 aliphatic rings. The first-order chi connectivity index (χ1) is 18.5. The van der Waals surface area contributed by atoms with Crippen molar-refractivity contribution < 1.29 is 21.6 Å². The van der Waals surface area contributed by atoms with Gasteiger partial charge in [-0.2, -0.15) is 0 Å². The van der Waals surface area contributed by atoms with Crippen LogP contribution in [0.5, 0.6) is 0 Å². The first kappa shape index (κ1) is 27.9. The van der Waals surface area contributed by atoms with Crippen molar-refractivity contribution in [1.29, 1.82) is 0 Å². The molecule has 0 fully saturated rings. The molecule has 0 heterocycles. The van der Waals surface area contributed by atoms with Crippen molar-refractivity contribution in [2.45, 2.75) is 30.6 Å². The van der Waals surface area contributed by atoms with Crippen molar-refractivity contribution >= 4 is 43.0 Å². The first-order valence-electron chi connectivity index (χ1n) is 12.1. The Morgan fingerprint density at radius 2 is 1.31 bits per heavy atom. The highest BCUT2D eigenvalue weighted by Crippen LogP contribution is 2.25. The smallest absolute Gasteiger partial charge is 0.264 e. The molecule has 0 radical (unpaired) electrons. The lowest BCUT2D eigenvalue weighted by molar-refractivity contribution is -0.114. The summed E-state index contributed by atoms with van der Waals surface area (Å²) < 4.78 is 56.1. The molecule has 0 saturated carbocycles. The number of aryl methyl sites for hydroxylation is 3. The zero-order valence-electron chi connectivity index (χ0n) is 21.7. The molecule has 0 aromatic heterocycles. The minimum atomic E-state index is -4.03. The molecule has 0 spiro atoms. The van der Waals surface area contributed by atoms with Crippen LogP contribution in [0.4, 0.5) is 17.1 Å². The summed E-state index contributed by atoms with van der Waals surface area (Å²) in [6.45, 7) is 5.25. The SMILES string of the molecule is Cc1ccc(N(CC(=O)Nc2ccc(S(=O)(=O)Nc3ccc(C)c(C)c3)cc2)S(=O)(=O)c2ccccc2)cc1. The summed E-state index contributed by atoms with van der Waals surface area (Å²) in [5, 5.41) is 2.66. The molecule has 4 aromatic rings. The standard InChI is InChI=1S/C29H29N3O5S2/c1-21-9-15-26(16-10-21)32(39(36,37)28-7-5-4-6-8-28)20-29(33)30-24-13-17-27(18-14-24)38(34,35)31-25-12-11-22(2)23(3)19-25/h4-19,31H,20H2,1-3H3,(H,30,33). The van der Waals surface area contributed by atoms with E-state index >= 15 is 0 Å². The Bertz CT molecular complexity index is 1690. The number of sulfonamides is 2. The molecular weight excluding hydrogens is 534 g/mol. The van der Waals surface area contributed by atoms with Crippen LogP contribution < -0.4 is 14.3 Å². The van der Waals surface area contributed by atoms with E-state index in [4.69, 9.17) is 0 Å². The predicted octanol–water partition coefficient (Wildman–Crippen LogP) is 5.25. The number of rotatable bonds is 9. The molecule has 0 aliphatic heterocycles. The molecule has 0 saturated heterocycles. The average Bonchev–Trinajstić information content (AvgIpc) is 2.90. The van der Waals surface area contributed by atoms with E-state index < -0.39 is 32.5 Å². The highest BCUT2D eigenvalue weighted by Gasteiger charge is 2.27. The third kappa shape index (κ3) is 6.65. The Labute approximate surface area is 229 Å². The van der Waals surface area contributed by atoms with Crippen molar-refractivity contribution in [1.82, 2.24) is 0 Å². The van der Waals surface area contributed by atoms with Crippen molar-refractivity contribution in [3.8, 4) is 0 Å². The molecule has 1 amide bonds. The van der Waals surface area contributed by atoms with Gasteiger partial charge in [-0.3, -0.25) is 13.8 Å². The van der Waals surface area contributed by atoms with E-state index in [1.54, 1.807) is 54.6 Å². The van der Waals surface area contributed by atoms with E-state index in [1.165, 1.54) is 36.4 Å². The van der Waals surface area contributed by atoms with Crippen LogP contribution >= 0.6 is 0 Å². The van der Waals surface area contributed by atoms with Crippen LogP contribution in [0.15, 0.2) is 107 Å². The zero-order chi connectivity index (χ0) is 28.2. The van der Waals surface area contributed by atoms with E-state index in [0.29, 0.717) is 17.1 Å². The average molecular weight is 564 g/mol.